The molecule has 1 rings (SSSR count). The summed E-state index contributed by atoms with van der Waals surface area (Å²) < 4.78 is 42.4. The number of rotatable bonds is 2. The van der Waals surface area contributed by atoms with Gasteiger partial charge < -0.3 is 4.74 Å². The van der Waals surface area contributed by atoms with Gasteiger partial charge in [-0.2, -0.15) is 13.2 Å². The average molecular weight is 331 g/mol. The van der Waals surface area contributed by atoms with Crippen molar-refractivity contribution in [3.05, 3.63) is 21.4 Å². The van der Waals surface area contributed by atoms with Crippen LogP contribution in [0.2, 0.25) is 0 Å². The summed E-state index contributed by atoms with van der Waals surface area (Å²) in [5, 5.41) is 0. The van der Waals surface area contributed by atoms with Gasteiger partial charge >= 0.3 is 6.18 Å². The van der Waals surface area contributed by atoms with Crippen LogP contribution in [0.5, 0.6) is 5.88 Å². The van der Waals surface area contributed by atoms with Crippen LogP contribution >= 0.6 is 22.6 Å². The van der Waals surface area contributed by atoms with Crippen molar-refractivity contribution in [2.24, 2.45) is 0 Å². The van der Waals surface area contributed by atoms with Crippen molar-refractivity contribution >= 4 is 22.6 Å². The van der Waals surface area contributed by atoms with Gasteiger partial charge in [0.1, 0.15) is 0 Å². The normalized spacial score (nSPS) is 11.9. The van der Waals surface area contributed by atoms with E-state index in [1.54, 1.807) is 36.4 Å². The molecule has 0 fully saturated rings. The highest BCUT2D eigenvalue weighted by Gasteiger charge is 2.31. The number of aromatic nitrogens is 1. The van der Waals surface area contributed by atoms with Crippen molar-refractivity contribution in [3.8, 4) is 5.88 Å². The van der Waals surface area contributed by atoms with Gasteiger partial charge in [0.05, 0.1) is 15.2 Å². The monoisotopic (exact) mass is 331 g/mol. The summed E-state index contributed by atoms with van der Waals surface area (Å²) in [6.45, 7) is 3.57. The highest BCUT2D eigenvalue weighted by Crippen LogP contribution is 2.31. The predicted octanol–water partition coefficient (Wildman–Crippen LogP) is 3.49. The Kier molecular flexibility index (Phi) is 3.80. The summed E-state index contributed by atoms with van der Waals surface area (Å²) in [6, 6.07) is 1.02. The second kappa shape index (κ2) is 4.54. The lowest BCUT2D eigenvalue weighted by Crippen LogP contribution is -2.11. The van der Waals surface area contributed by atoms with Crippen LogP contribution in [0.1, 0.15) is 19.4 Å². The summed E-state index contributed by atoms with van der Waals surface area (Å²) in [5.74, 6) is 0.235. The number of ether oxygens (including phenoxy) is 1. The van der Waals surface area contributed by atoms with E-state index in [4.69, 9.17) is 4.74 Å². The first kappa shape index (κ1) is 12.5. The van der Waals surface area contributed by atoms with Crippen LogP contribution in [-0.2, 0) is 6.18 Å². The van der Waals surface area contributed by atoms with E-state index in [2.05, 4.69) is 4.98 Å². The third-order valence-electron chi connectivity index (χ3n) is 1.48. The lowest BCUT2D eigenvalue weighted by Gasteiger charge is -2.12. The Morgan fingerprint density at radius 2 is 2.00 bits per heavy atom. The quantitative estimate of drug-likeness (QED) is 0.774. The van der Waals surface area contributed by atoms with Crippen LogP contribution in [0.15, 0.2) is 12.3 Å². The second-order valence-corrected chi connectivity index (χ2v) is 4.34. The highest BCUT2D eigenvalue weighted by molar-refractivity contribution is 14.1. The molecule has 84 valence electrons. The first-order valence-electron chi connectivity index (χ1n) is 4.20. The van der Waals surface area contributed by atoms with Crippen molar-refractivity contribution in [1.29, 1.82) is 0 Å². The minimum Gasteiger partial charge on any atom is -0.474 e. The molecule has 0 amide bonds. The Morgan fingerprint density at radius 1 is 1.40 bits per heavy atom. The van der Waals surface area contributed by atoms with Gasteiger partial charge in [-0.1, -0.05) is 0 Å². The molecular weight excluding hydrogens is 322 g/mol. The molecule has 0 N–H and O–H groups in total. The molecule has 0 aliphatic heterocycles. The zero-order valence-electron chi connectivity index (χ0n) is 8.10. The molecule has 0 saturated heterocycles. The molecule has 0 bridgehead atoms. The Morgan fingerprint density at radius 3 is 2.40 bits per heavy atom. The molecule has 0 aromatic carbocycles. The number of alkyl halides is 3. The summed E-state index contributed by atoms with van der Waals surface area (Å²) in [7, 11) is 0. The zero-order chi connectivity index (χ0) is 11.6. The molecule has 0 aliphatic rings. The largest absolute Gasteiger partial charge is 0.474 e. The van der Waals surface area contributed by atoms with E-state index in [-0.39, 0.29) is 12.0 Å². The Balaban J connectivity index is 2.98. The topological polar surface area (TPSA) is 22.1 Å². The Hall–Kier alpha value is -0.530. The van der Waals surface area contributed by atoms with E-state index in [1.807, 2.05) is 0 Å². The second-order valence-electron chi connectivity index (χ2n) is 3.18. The number of hydrogen-bond donors (Lipinski definition) is 0. The molecule has 0 aliphatic carbocycles. The molecule has 0 atom stereocenters. The molecule has 0 radical (unpaired) electrons. The van der Waals surface area contributed by atoms with Crippen molar-refractivity contribution in [1.82, 2.24) is 4.98 Å². The standard InChI is InChI=1S/C9H9F3INO/c1-5(2)15-8-7(13)3-6(4-14-8)9(10,11)12/h3-5H,1-2H3. The fraction of sp³-hybridized carbons (Fsp3) is 0.444. The predicted molar refractivity (Wildman–Crippen MR) is 57.7 cm³/mol. The maximum absolute atomic E-state index is 12.3. The fourth-order valence-electron chi connectivity index (χ4n) is 0.890. The van der Waals surface area contributed by atoms with E-state index in [0.717, 1.165) is 12.3 Å². The highest BCUT2D eigenvalue weighted by atomic mass is 127. The summed E-state index contributed by atoms with van der Waals surface area (Å²) in [4.78, 5) is 3.64. The fourth-order valence-corrected chi connectivity index (χ4v) is 1.49. The van der Waals surface area contributed by atoms with Gasteiger partial charge in [0.15, 0.2) is 0 Å². The molecule has 1 aromatic heterocycles. The van der Waals surface area contributed by atoms with Crippen LogP contribution in [0.25, 0.3) is 0 Å². The van der Waals surface area contributed by atoms with Gasteiger partial charge in [-0.3, -0.25) is 0 Å². The van der Waals surface area contributed by atoms with Crippen molar-refractivity contribution < 1.29 is 17.9 Å². The molecule has 1 aromatic rings. The third-order valence-corrected chi connectivity index (χ3v) is 2.25. The molecule has 15 heavy (non-hydrogen) atoms. The van der Waals surface area contributed by atoms with Crippen LogP contribution < -0.4 is 4.74 Å². The minimum atomic E-state index is -4.36. The number of halogens is 4. The zero-order valence-corrected chi connectivity index (χ0v) is 10.3. The molecule has 2 nitrogen and oxygen atoms in total. The molecule has 6 heteroatoms. The van der Waals surface area contributed by atoms with Gasteiger partial charge in [-0.25, -0.2) is 4.98 Å². The number of nitrogens with zero attached hydrogens (tertiary/aromatic N) is 1. The molecule has 1 heterocycles. The van der Waals surface area contributed by atoms with Crippen molar-refractivity contribution in [2.75, 3.05) is 0 Å². The lowest BCUT2D eigenvalue weighted by atomic mass is 10.3. The first-order valence-corrected chi connectivity index (χ1v) is 5.28. The van der Waals surface area contributed by atoms with Crippen molar-refractivity contribution in [2.45, 2.75) is 26.1 Å². The van der Waals surface area contributed by atoms with E-state index in [9.17, 15) is 13.2 Å². The maximum atomic E-state index is 12.3. The first-order chi connectivity index (χ1) is 6.80. The van der Waals surface area contributed by atoms with E-state index >= 15 is 0 Å². The molecule has 0 spiro atoms. The summed E-state index contributed by atoms with van der Waals surface area (Å²) >= 11 is 1.77. The maximum Gasteiger partial charge on any atom is 0.417 e. The van der Waals surface area contributed by atoms with Crippen LogP contribution in [0.4, 0.5) is 13.2 Å². The molecule has 0 unspecified atom stereocenters. The minimum absolute atomic E-state index is 0.109. The third kappa shape index (κ3) is 3.51. The summed E-state index contributed by atoms with van der Waals surface area (Å²) in [5.41, 5.74) is -0.761. The lowest BCUT2D eigenvalue weighted by molar-refractivity contribution is -0.137. The van der Waals surface area contributed by atoms with Crippen LogP contribution in [0, 0.1) is 3.57 Å². The van der Waals surface area contributed by atoms with Gasteiger partial charge in [0.2, 0.25) is 5.88 Å². The number of pyridine rings is 1. The van der Waals surface area contributed by atoms with E-state index in [1.165, 1.54) is 0 Å². The van der Waals surface area contributed by atoms with Gasteiger partial charge in [-0.15, -0.1) is 0 Å². The van der Waals surface area contributed by atoms with E-state index < -0.39 is 11.7 Å². The Bertz CT molecular complexity index is 352. The van der Waals surface area contributed by atoms with E-state index in [0.29, 0.717) is 3.57 Å². The summed E-state index contributed by atoms with van der Waals surface area (Å²) in [6.07, 6.45) is -3.69. The number of hydrogen-bond acceptors (Lipinski definition) is 2. The Labute approximate surface area is 99.0 Å². The molecular formula is C9H9F3INO. The van der Waals surface area contributed by atoms with Crippen LogP contribution in [-0.4, -0.2) is 11.1 Å². The smallest absolute Gasteiger partial charge is 0.417 e. The van der Waals surface area contributed by atoms with Gasteiger partial charge in [0.25, 0.3) is 0 Å². The SMILES string of the molecule is CC(C)Oc1ncc(C(F)(F)F)cc1I. The molecule has 0 saturated carbocycles. The van der Waals surface area contributed by atoms with Gasteiger partial charge in [-0.05, 0) is 42.5 Å². The average Bonchev–Trinajstić information content (AvgIpc) is 2.05. The van der Waals surface area contributed by atoms with Crippen molar-refractivity contribution in [3.63, 3.8) is 0 Å². The van der Waals surface area contributed by atoms with Crippen LogP contribution in [0.3, 0.4) is 0 Å². The van der Waals surface area contributed by atoms with Gasteiger partial charge in [0, 0.05) is 6.20 Å².